The Bertz CT molecular complexity index is 565. The summed E-state index contributed by atoms with van der Waals surface area (Å²) in [4.78, 5) is 18.6. The lowest BCUT2D eigenvalue weighted by molar-refractivity contribution is 0.0993. The van der Waals surface area contributed by atoms with Crippen LogP contribution < -0.4 is 10.6 Å². The predicted octanol–water partition coefficient (Wildman–Crippen LogP) is 1.93. The van der Waals surface area contributed by atoms with Gasteiger partial charge in [0.15, 0.2) is 0 Å². The van der Waals surface area contributed by atoms with E-state index in [1.54, 1.807) is 16.6 Å². The van der Waals surface area contributed by atoms with Crippen molar-refractivity contribution >= 4 is 28.6 Å². The topological polar surface area (TPSA) is 59.2 Å². The van der Waals surface area contributed by atoms with Crippen LogP contribution in [-0.2, 0) is 6.42 Å². The number of hydrogen-bond donors (Lipinski definition) is 1. The molecule has 5 heteroatoms. The highest BCUT2D eigenvalue weighted by atomic mass is 32.1. The van der Waals surface area contributed by atoms with Crippen LogP contribution in [0.5, 0.6) is 0 Å². The number of benzene rings is 1. The molecular weight excluding hydrogens is 234 g/mol. The number of carbonyl (C=O) groups is 1. The Hall–Kier alpha value is -1.88. The first-order valence-electron chi connectivity index (χ1n) is 5.35. The average molecular weight is 245 g/mol. The molecule has 17 heavy (non-hydrogen) atoms. The summed E-state index contributed by atoms with van der Waals surface area (Å²) in [6.45, 7) is 0.695. The van der Waals surface area contributed by atoms with E-state index < -0.39 is 0 Å². The Kier molecular flexibility index (Phi) is 2.33. The van der Waals surface area contributed by atoms with Gasteiger partial charge in [-0.25, -0.2) is 0 Å². The van der Waals surface area contributed by atoms with E-state index in [0.717, 1.165) is 17.7 Å². The van der Waals surface area contributed by atoms with E-state index >= 15 is 0 Å². The highest BCUT2D eigenvalue weighted by Gasteiger charge is 2.27. The second-order valence-corrected chi connectivity index (χ2v) is 4.81. The van der Waals surface area contributed by atoms with E-state index in [0.29, 0.717) is 17.1 Å². The number of aromatic nitrogens is 1. The zero-order chi connectivity index (χ0) is 11.8. The van der Waals surface area contributed by atoms with E-state index in [2.05, 4.69) is 4.98 Å². The molecule has 1 aromatic carbocycles. The summed E-state index contributed by atoms with van der Waals surface area (Å²) >= 11 is 1.36. The second-order valence-electron chi connectivity index (χ2n) is 3.93. The Morgan fingerprint density at radius 1 is 1.47 bits per heavy atom. The van der Waals surface area contributed by atoms with Crippen LogP contribution in [0.1, 0.15) is 15.2 Å². The number of nitrogens with two attached hydrogens (primary N) is 1. The maximum atomic E-state index is 12.3. The van der Waals surface area contributed by atoms with E-state index in [4.69, 9.17) is 5.73 Å². The zero-order valence-electron chi connectivity index (χ0n) is 9.09. The molecule has 0 radical (unpaired) electrons. The van der Waals surface area contributed by atoms with Gasteiger partial charge in [-0.15, -0.1) is 11.3 Å². The van der Waals surface area contributed by atoms with Crippen LogP contribution in [0.3, 0.4) is 0 Å². The minimum atomic E-state index is -0.0100. The third-order valence-corrected chi connectivity index (χ3v) is 3.67. The van der Waals surface area contributed by atoms with Gasteiger partial charge in [0.1, 0.15) is 4.88 Å². The van der Waals surface area contributed by atoms with Crippen LogP contribution in [0, 0.1) is 0 Å². The van der Waals surface area contributed by atoms with Crippen molar-refractivity contribution in [1.29, 1.82) is 0 Å². The molecule has 3 rings (SSSR count). The molecule has 0 bridgehead atoms. The first-order valence-corrected chi connectivity index (χ1v) is 6.23. The SMILES string of the molecule is Nc1cccc2c1N(C(=O)c1cncs1)CC2. The minimum absolute atomic E-state index is 0.0100. The van der Waals surface area contributed by atoms with Gasteiger partial charge in [0, 0.05) is 6.54 Å². The summed E-state index contributed by atoms with van der Waals surface area (Å²) in [7, 11) is 0. The smallest absolute Gasteiger partial charge is 0.270 e. The lowest BCUT2D eigenvalue weighted by Gasteiger charge is -2.17. The van der Waals surface area contributed by atoms with Gasteiger partial charge in [0.25, 0.3) is 5.91 Å². The Labute approximate surface area is 103 Å². The molecule has 0 atom stereocenters. The van der Waals surface area contributed by atoms with Crippen LogP contribution in [0.25, 0.3) is 0 Å². The summed E-state index contributed by atoms with van der Waals surface area (Å²) in [5.41, 5.74) is 10.3. The van der Waals surface area contributed by atoms with Crippen molar-refractivity contribution in [2.45, 2.75) is 6.42 Å². The summed E-state index contributed by atoms with van der Waals surface area (Å²) < 4.78 is 0. The predicted molar refractivity (Wildman–Crippen MR) is 68.3 cm³/mol. The van der Waals surface area contributed by atoms with Gasteiger partial charge in [-0.2, -0.15) is 0 Å². The van der Waals surface area contributed by atoms with Gasteiger partial charge < -0.3 is 10.6 Å². The van der Waals surface area contributed by atoms with Crippen LogP contribution in [-0.4, -0.2) is 17.4 Å². The van der Waals surface area contributed by atoms with Crippen LogP contribution in [0.2, 0.25) is 0 Å². The zero-order valence-corrected chi connectivity index (χ0v) is 9.91. The Morgan fingerprint density at radius 3 is 3.12 bits per heavy atom. The molecule has 1 aliphatic rings. The summed E-state index contributed by atoms with van der Waals surface area (Å²) in [6, 6.07) is 5.78. The molecule has 2 aromatic rings. The van der Waals surface area contributed by atoms with Crippen molar-refractivity contribution in [3.8, 4) is 0 Å². The fourth-order valence-corrected chi connectivity index (χ4v) is 2.71. The van der Waals surface area contributed by atoms with E-state index in [1.165, 1.54) is 11.3 Å². The number of carbonyl (C=O) groups excluding carboxylic acids is 1. The van der Waals surface area contributed by atoms with Crippen LogP contribution in [0.4, 0.5) is 11.4 Å². The van der Waals surface area contributed by atoms with E-state index in [1.807, 2.05) is 18.2 Å². The van der Waals surface area contributed by atoms with Crippen molar-refractivity contribution in [1.82, 2.24) is 4.98 Å². The Balaban J connectivity index is 2.02. The van der Waals surface area contributed by atoms with Gasteiger partial charge in [0.05, 0.1) is 23.1 Å². The normalized spacial score (nSPS) is 13.8. The highest BCUT2D eigenvalue weighted by Crippen LogP contribution is 2.34. The average Bonchev–Trinajstić information content (AvgIpc) is 2.98. The molecule has 0 saturated heterocycles. The van der Waals surface area contributed by atoms with Gasteiger partial charge in [-0.1, -0.05) is 12.1 Å². The number of rotatable bonds is 1. The lowest BCUT2D eigenvalue weighted by Crippen LogP contribution is -2.28. The van der Waals surface area contributed by atoms with E-state index in [-0.39, 0.29) is 5.91 Å². The molecule has 2 heterocycles. The van der Waals surface area contributed by atoms with Crippen molar-refractivity contribution < 1.29 is 4.79 Å². The number of para-hydroxylation sites is 1. The fourth-order valence-electron chi connectivity index (χ4n) is 2.14. The largest absolute Gasteiger partial charge is 0.397 e. The molecule has 86 valence electrons. The number of anilines is 2. The number of amides is 1. The van der Waals surface area contributed by atoms with Crippen molar-refractivity contribution in [3.63, 3.8) is 0 Å². The number of fused-ring (bicyclic) bond motifs is 1. The van der Waals surface area contributed by atoms with Crippen molar-refractivity contribution in [2.75, 3.05) is 17.2 Å². The van der Waals surface area contributed by atoms with E-state index in [9.17, 15) is 4.79 Å². The molecular formula is C12H11N3OS. The monoisotopic (exact) mass is 245 g/mol. The maximum absolute atomic E-state index is 12.3. The third kappa shape index (κ3) is 1.59. The minimum Gasteiger partial charge on any atom is -0.397 e. The lowest BCUT2D eigenvalue weighted by atomic mass is 10.1. The molecule has 2 N–H and O–H groups in total. The first kappa shape index (κ1) is 10.3. The highest BCUT2D eigenvalue weighted by molar-refractivity contribution is 7.11. The molecule has 1 aliphatic heterocycles. The maximum Gasteiger partial charge on any atom is 0.270 e. The molecule has 0 saturated carbocycles. The standard InChI is InChI=1S/C12H11N3OS/c13-9-3-1-2-8-4-5-15(11(8)9)12(16)10-6-14-7-17-10/h1-3,6-7H,4-5,13H2. The van der Waals surface area contributed by atoms with Crippen LogP contribution >= 0.6 is 11.3 Å². The van der Waals surface area contributed by atoms with Gasteiger partial charge in [-0.3, -0.25) is 9.78 Å². The first-order chi connectivity index (χ1) is 8.27. The summed E-state index contributed by atoms with van der Waals surface area (Å²) in [5.74, 6) is -0.0100. The summed E-state index contributed by atoms with van der Waals surface area (Å²) in [6.07, 6.45) is 2.47. The molecule has 4 nitrogen and oxygen atoms in total. The number of nitrogens with zero attached hydrogens (tertiary/aromatic N) is 2. The van der Waals surface area contributed by atoms with Gasteiger partial charge >= 0.3 is 0 Å². The summed E-state index contributed by atoms with van der Waals surface area (Å²) in [5, 5.41) is 0. The number of hydrogen-bond acceptors (Lipinski definition) is 4. The number of thiazole rings is 1. The number of nitrogen functional groups attached to an aromatic ring is 1. The molecule has 1 aromatic heterocycles. The molecule has 0 spiro atoms. The molecule has 0 fully saturated rings. The molecule has 0 aliphatic carbocycles. The third-order valence-electron chi connectivity index (χ3n) is 2.91. The quantitative estimate of drug-likeness (QED) is 0.781. The van der Waals surface area contributed by atoms with Gasteiger partial charge in [-0.05, 0) is 18.1 Å². The molecule has 1 amide bonds. The second kappa shape index (κ2) is 3.85. The van der Waals surface area contributed by atoms with Crippen molar-refractivity contribution in [3.05, 3.63) is 40.3 Å². The van der Waals surface area contributed by atoms with Crippen molar-refractivity contribution in [2.24, 2.45) is 0 Å². The molecule has 0 unspecified atom stereocenters. The van der Waals surface area contributed by atoms with Crippen LogP contribution in [0.15, 0.2) is 29.9 Å². The van der Waals surface area contributed by atoms with Gasteiger partial charge in [0.2, 0.25) is 0 Å². The Morgan fingerprint density at radius 2 is 2.35 bits per heavy atom. The fraction of sp³-hybridized carbons (Fsp3) is 0.167.